The molecule has 1 heterocycles. The van der Waals surface area contributed by atoms with Gasteiger partial charge < -0.3 is 43.2 Å². The Balaban J connectivity index is 1.34. The average Bonchev–Trinajstić information content (AvgIpc) is 4.20. The third-order valence-electron chi connectivity index (χ3n) is 11.2. The normalized spacial score (nSPS) is 14.5. The van der Waals surface area contributed by atoms with Gasteiger partial charge in [-0.1, -0.05) is 50.8 Å². The first-order chi connectivity index (χ1) is 34.7. The summed E-state index contributed by atoms with van der Waals surface area (Å²) in [6, 6.07) is 18.6. The van der Waals surface area contributed by atoms with E-state index in [1.807, 2.05) is 0 Å². The number of allylic oxidation sites excluding steroid dienone is 7. The molecule has 3 aliphatic rings. The van der Waals surface area contributed by atoms with Gasteiger partial charge in [0.15, 0.2) is 19.0 Å². The Hall–Kier alpha value is -8.63. The number of benzene rings is 3. The van der Waals surface area contributed by atoms with Crippen LogP contribution < -0.4 is 19.5 Å². The fourth-order valence-corrected chi connectivity index (χ4v) is 7.14. The Labute approximate surface area is 423 Å². The van der Waals surface area contributed by atoms with Crippen molar-refractivity contribution in [3.63, 3.8) is 0 Å². The molecule has 1 fully saturated rings. The maximum absolute atomic E-state index is 14.0. The molecule has 0 amide bonds. The number of ketones is 1. The molecule has 3 aromatic carbocycles. The van der Waals surface area contributed by atoms with E-state index in [0.29, 0.717) is 52.9 Å². The third-order valence-corrected chi connectivity index (χ3v) is 11.2. The van der Waals surface area contributed by atoms with Gasteiger partial charge in [-0.3, -0.25) is 4.79 Å². The van der Waals surface area contributed by atoms with Crippen LogP contribution in [0, 0.1) is 0 Å². The molecular formula is C57H56N2O14. The second-order valence-corrected chi connectivity index (χ2v) is 17.5. The lowest BCUT2D eigenvalue weighted by molar-refractivity contribution is -0.491. The summed E-state index contributed by atoms with van der Waals surface area (Å²) in [6.07, 6.45) is 6.56. The van der Waals surface area contributed by atoms with Crippen molar-refractivity contribution in [2.75, 3.05) is 44.5 Å². The van der Waals surface area contributed by atoms with Crippen LogP contribution in [0.5, 0.6) is 11.5 Å². The van der Waals surface area contributed by atoms with Crippen molar-refractivity contribution in [2.24, 2.45) is 0 Å². The highest BCUT2D eigenvalue weighted by Gasteiger charge is 2.34. The van der Waals surface area contributed by atoms with E-state index < -0.39 is 53.5 Å². The zero-order valence-corrected chi connectivity index (χ0v) is 41.4. The van der Waals surface area contributed by atoms with E-state index in [1.165, 1.54) is 34.6 Å². The number of esters is 5. The van der Waals surface area contributed by atoms with E-state index in [9.17, 15) is 33.9 Å². The summed E-state index contributed by atoms with van der Waals surface area (Å²) in [4.78, 5) is 78.5. The largest absolute Gasteiger partial charge is 0.871 e. The smallest absolute Gasteiger partial charge is 0.338 e. The molecule has 6 rings (SSSR count). The molecule has 0 aromatic heterocycles. The Bertz CT molecular complexity index is 2850. The highest BCUT2D eigenvalue weighted by Crippen LogP contribution is 2.39. The van der Waals surface area contributed by atoms with Crippen molar-refractivity contribution in [2.45, 2.75) is 52.8 Å². The maximum atomic E-state index is 14.0. The first kappa shape index (κ1) is 53.7. The van der Waals surface area contributed by atoms with Gasteiger partial charge in [-0.05, 0) is 106 Å². The van der Waals surface area contributed by atoms with Crippen LogP contribution in [0.3, 0.4) is 0 Å². The van der Waals surface area contributed by atoms with Crippen LogP contribution in [-0.4, -0.2) is 104 Å². The molecule has 0 spiro atoms. The van der Waals surface area contributed by atoms with Gasteiger partial charge in [0.1, 0.15) is 43.5 Å². The SMILES string of the molecule is C=C(C)C(=O)OCC(COC(=O)C(=C)C)N(c1ccc(OCC2CO2)cc1)c1ccc(C2=C([O-])C(=C3C=CC(=[N+](c4ccc(OC(=O)C(=C)C)cc4)C(COC(=O)C(=C)C)COC(=O)C(=C)C)C=C3)C2=O)cc1. The van der Waals surface area contributed by atoms with Crippen LogP contribution in [0.4, 0.5) is 17.1 Å². The molecule has 1 aliphatic heterocycles. The minimum absolute atomic E-state index is 0.0339. The molecule has 378 valence electrons. The van der Waals surface area contributed by atoms with Gasteiger partial charge >= 0.3 is 29.8 Å². The third kappa shape index (κ3) is 13.8. The summed E-state index contributed by atoms with van der Waals surface area (Å²) in [7, 11) is 0. The zero-order chi connectivity index (χ0) is 53.1. The molecule has 0 radical (unpaired) electrons. The molecule has 1 unspecified atom stereocenters. The standard InChI is InChI=1S/C57H56N2O14/c1-33(2)53(62)69-27-44(28-70-54(63)34(3)4)58(42-19-23-46(24-20-42)67-31-48-32-68-48)40-15-11-38(12-16-40)49-51(60)50(52(49)61)39-13-17-41(18-14-39)59(43-21-25-47(26-22-43)73-57(66)37(9)10)45(29-71-55(64)35(5)6)30-72-56(65)36(7)8/h11-26,44-45,48H,1,3,5,7,9,27-32H2,2,4,6,8,10H3. The Morgan fingerprint density at radius 1 is 0.616 bits per heavy atom. The lowest BCUT2D eigenvalue weighted by Gasteiger charge is -2.34. The number of hydrogen-bond acceptors (Lipinski definition) is 15. The summed E-state index contributed by atoms with van der Waals surface area (Å²) >= 11 is 0. The number of rotatable bonds is 23. The molecule has 0 N–H and O–H groups in total. The molecule has 2 aliphatic carbocycles. The molecule has 0 bridgehead atoms. The van der Waals surface area contributed by atoms with Crippen molar-refractivity contribution >= 4 is 64.0 Å². The monoisotopic (exact) mass is 992 g/mol. The van der Waals surface area contributed by atoms with Crippen LogP contribution in [-0.2, 0) is 52.5 Å². The number of Topliss-reactive ketones (excluding diaryl/α,β-unsaturated/α-hetero) is 1. The number of hydrogen-bond donors (Lipinski definition) is 0. The van der Waals surface area contributed by atoms with E-state index in [1.54, 1.807) is 107 Å². The second-order valence-electron chi connectivity index (χ2n) is 17.5. The predicted octanol–water partition coefficient (Wildman–Crippen LogP) is 7.16. The van der Waals surface area contributed by atoms with Crippen molar-refractivity contribution < 1.29 is 71.6 Å². The highest BCUT2D eigenvalue weighted by molar-refractivity contribution is 6.39. The lowest BCUT2D eigenvalue weighted by Crippen LogP contribution is -2.40. The minimum atomic E-state index is -0.839. The molecule has 16 nitrogen and oxygen atoms in total. The van der Waals surface area contributed by atoms with E-state index in [0.717, 1.165) is 0 Å². The van der Waals surface area contributed by atoms with Crippen LogP contribution in [0.1, 0.15) is 40.2 Å². The first-order valence-electron chi connectivity index (χ1n) is 23.0. The van der Waals surface area contributed by atoms with E-state index in [2.05, 4.69) is 32.9 Å². The number of nitrogens with zero attached hydrogens (tertiary/aromatic N) is 2. The van der Waals surface area contributed by atoms with E-state index >= 15 is 0 Å². The number of carbonyl (C=O) groups excluding carboxylic acids is 6. The maximum Gasteiger partial charge on any atom is 0.338 e. The number of carbonyl (C=O) groups is 6. The van der Waals surface area contributed by atoms with Crippen LogP contribution >= 0.6 is 0 Å². The van der Waals surface area contributed by atoms with Crippen molar-refractivity contribution in [3.05, 3.63) is 180 Å². The number of ether oxygens (including phenoxy) is 7. The van der Waals surface area contributed by atoms with Gasteiger partial charge in [0, 0.05) is 74.7 Å². The van der Waals surface area contributed by atoms with E-state index in [4.69, 9.17) is 33.2 Å². The molecule has 1 saturated heterocycles. The van der Waals surface area contributed by atoms with Gasteiger partial charge in [-0.2, -0.15) is 4.58 Å². The Kier molecular flexibility index (Phi) is 17.7. The Morgan fingerprint density at radius 2 is 1.05 bits per heavy atom. The van der Waals surface area contributed by atoms with E-state index in [-0.39, 0.29) is 77.3 Å². The van der Waals surface area contributed by atoms with Gasteiger partial charge in [0.2, 0.25) is 17.4 Å². The van der Waals surface area contributed by atoms with Gasteiger partial charge in [-0.15, -0.1) is 0 Å². The van der Waals surface area contributed by atoms with Crippen molar-refractivity contribution in [1.29, 1.82) is 0 Å². The zero-order valence-electron chi connectivity index (χ0n) is 41.4. The summed E-state index contributed by atoms with van der Waals surface area (Å²) in [5, 5.41) is 14.0. The topological polar surface area (TPSA) is 200 Å². The fourth-order valence-electron chi connectivity index (χ4n) is 7.14. The summed E-state index contributed by atoms with van der Waals surface area (Å²) in [5.74, 6) is -3.40. The Morgan fingerprint density at radius 3 is 1.49 bits per heavy atom. The quantitative estimate of drug-likeness (QED) is 0.0231. The predicted molar refractivity (Wildman–Crippen MR) is 270 cm³/mol. The number of epoxide rings is 1. The van der Waals surface area contributed by atoms with Crippen molar-refractivity contribution in [3.8, 4) is 11.5 Å². The van der Waals surface area contributed by atoms with Crippen LogP contribution in [0.2, 0.25) is 0 Å². The summed E-state index contributed by atoms with van der Waals surface area (Å²) < 4.78 is 40.5. The van der Waals surface area contributed by atoms with Crippen LogP contribution in [0.25, 0.3) is 5.57 Å². The average molecular weight is 993 g/mol. The molecule has 16 heteroatoms. The number of anilines is 2. The van der Waals surface area contributed by atoms with Gasteiger partial charge in [0.25, 0.3) is 0 Å². The minimum Gasteiger partial charge on any atom is -0.871 e. The fraction of sp³-hybridized carbons (Fsp3) is 0.246. The van der Waals surface area contributed by atoms with Crippen molar-refractivity contribution in [1.82, 2.24) is 0 Å². The molecular weight excluding hydrogens is 937 g/mol. The summed E-state index contributed by atoms with van der Waals surface area (Å²) in [6.45, 7) is 25.8. The molecule has 0 saturated carbocycles. The highest BCUT2D eigenvalue weighted by atomic mass is 16.6. The van der Waals surface area contributed by atoms with Crippen LogP contribution in [0.15, 0.2) is 175 Å². The summed E-state index contributed by atoms with van der Waals surface area (Å²) in [5.41, 5.74) is 3.60. The molecule has 1 atom stereocenters. The first-order valence-corrected chi connectivity index (χ1v) is 23.0. The second kappa shape index (κ2) is 24.0. The van der Waals surface area contributed by atoms with Gasteiger partial charge in [0.05, 0.1) is 6.61 Å². The molecule has 73 heavy (non-hydrogen) atoms. The molecule has 3 aromatic rings. The lowest BCUT2D eigenvalue weighted by atomic mass is 9.80. The van der Waals surface area contributed by atoms with Gasteiger partial charge in [-0.25, -0.2) is 24.0 Å².